The van der Waals surface area contributed by atoms with Gasteiger partial charge in [-0.25, -0.2) is 0 Å². The van der Waals surface area contributed by atoms with Crippen molar-refractivity contribution in [1.29, 1.82) is 0 Å². The number of nitrogens with zero attached hydrogens (tertiary/aromatic N) is 3. The third-order valence-corrected chi connectivity index (χ3v) is 4.11. The lowest BCUT2D eigenvalue weighted by molar-refractivity contribution is 0.101. The van der Waals surface area contributed by atoms with E-state index in [9.17, 15) is 4.79 Å². The number of aryl methyl sites for hydroxylation is 1. The molecule has 1 aromatic carbocycles. The van der Waals surface area contributed by atoms with Gasteiger partial charge in [-0.1, -0.05) is 23.5 Å². The van der Waals surface area contributed by atoms with Crippen molar-refractivity contribution in [2.45, 2.75) is 13.5 Å². The Morgan fingerprint density at radius 1 is 1.36 bits per heavy atom. The second-order valence-electron chi connectivity index (χ2n) is 4.79. The van der Waals surface area contributed by atoms with Gasteiger partial charge in [0.2, 0.25) is 5.13 Å². The van der Waals surface area contributed by atoms with E-state index >= 15 is 0 Å². The lowest BCUT2D eigenvalue weighted by Crippen LogP contribution is -2.16. The number of aromatic nitrogens is 4. The van der Waals surface area contributed by atoms with Gasteiger partial charge in [0.1, 0.15) is 28.8 Å². The van der Waals surface area contributed by atoms with Crippen molar-refractivity contribution in [2.24, 2.45) is 0 Å². The summed E-state index contributed by atoms with van der Waals surface area (Å²) in [4.78, 5) is 12.4. The standard InChI is InChI=1S/C14H11N5O2S/c1-7-16-19-14(22-7)15-13(20)12-9-6-21-10-5-3-2-4-8(10)11(9)17-18-12/h2-5H,6H2,1H3,(H,17,18)(H,15,19,20). The summed E-state index contributed by atoms with van der Waals surface area (Å²) in [5.74, 6) is 0.473. The Morgan fingerprint density at radius 2 is 2.23 bits per heavy atom. The molecule has 4 rings (SSSR count). The molecule has 1 aliphatic heterocycles. The van der Waals surface area contributed by atoms with Gasteiger partial charge in [-0.3, -0.25) is 15.2 Å². The van der Waals surface area contributed by atoms with E-state index in [2.05, 4.69) is 25.7 Å². The maximum Gasteiger partial charge on any atom is 0.275 e. The van der Waals surface area contributed by atoms with Gasteiger partial charge in [0.15, 0.2) is 0 Å². The van der Waals surface area contributed by atoms with Crippen molar-refractivity contribution >= 4 is 22.4 Å². The molecule has 110 valence electrons. The Bertz CT molecular complexity index is 870. The van der Waals surface area contributed by atoms with Gasteiger partial charge < -0.3 is 4.74 Å². The van der Waals surface area contributed by atoms with E-state index < -0.39 is 0 Å². The number of H-pyrrole nitrogens is 1. The Kier molecular flexibility index (Phi) is 2.90. The molecule has 0 atom stereocenters. The van der Waals surface area contributed by atoms with Crippen LogP contribution in [-0.2, 0) is 6.61 Å². The zero-order chi connectivity index (χ0) is 15.1. The number of benzene rings is 1. The summed E-state index contributed by atoms with van der Waals surface area (Å²) in [5, 5.41) is 18.8. The zero-order valence-electron chi connectivity index (χ0n) is 11.6. The molecule has 22 heavy (non-hydrogen) atoms. The third-order valence-electron chi connectivity index (χ3n) is 3.35. The Hall–Kier alpha value is -2.74. The van der Waals surface area contributed by atoms with Crippen LogP contribution >= 0.6 is 11.3 Å². The predicted molar refractivity (Wildman–Crippen MR) is 81.0 cm³/mol. The molecule has 0 spiro atoms. The molecule has 0 saturated heterocycles. The van der Waals surface area contributed by atoms with E-state index in [1.165, 1.54) is 11.3 Å². The van der Waals surface area contributed by atoms with Crippen molar-refractivity contribution in [3.63, 3.8) is 0 Å². The second kappa shape index (κ2) is 4.92. The lowest BCUT2D eigenvalue weighted by atomic mass is 10.0. The number of ether oxygens (including phenoxy) is 1. The molecule has 2 N–H and O–H groups in total. The quantitative estimate of drug-likeness (QED) is 0.757. The van der Waals surface area contributed by atoms with Crippen LogP contribution in [0.4, 0.5) is 5.13 Å². The average molecular weight is 313 g/mol. The number of para-hydroxylation sites is 1. The van der Waals surface area contributed by atoms with Crippen LogP contribution in [-0.4, -0.2) is 26.3 Å². The first-order valence-electron chi connectivity index (χ1n) is 6.63. The van der Waals surface area contributed by atoms with E-state index in [1.54, 1.807) is 0 Å². The fourth-order valence-corrected chi connectivity index (χ4v) is 2.95. The van der Waals surface area contributed by atoms with Crippen LogP contribution in [0.2, 0.25) is 0 Å². The highest BCUT2D eigenvalue weighted by molar-refractivity contribution is 7.15. The van der Waals surface area contributed by atoms with Crippen molar-refractivity contribution in [2.75, 3.05) is 5.32 Å². The van der Waals surface area contributed by atoms with Crippen LogP contribution < -0.4 is 10.1 Å². The van der Waals surface area contributed by atoms with Crippen molar-refractivity contribution in [1.82, 2.24) is 20.4 Å². The summed E-state index contributed by atoms with van der Waals surface area (Å²) in [5.41, 5.74) is 2.76. The maximum atomic E-state index is 12.4. The number of hydrogen-bond donors (Lipinski definition) is 2. The Labute approximate surface area is 129 Å². The summed E-state index contributed by atoms with van der Waals surface area (Å²) in [6.45, 7) is 2.14. The molecule has 0 fully saturated rings. The van der Waals surface area contributed by atoms with E-state index in [4.69, 9.17) is 4.74 Å². The molecule has 0 aliphatic carbocycles. The van der Waals surface area contributed by atoms with Gasteiger partial charge in [0.25, 0.3) is 5.91 Å². The number of nitrogens with one attached hydrogen (secondary N) is 2. The molecular weight excluding hydrogens is 302 g/mol. The molecule has 8 heteroatoms. The van der Waals surface area contributed by atoms with Gasteiger partial charge in [-0.2, -0.15) is 5.10 Å². The predicted octanol–water partition coefficient (Wildman–Crippen LogP) is 2.38. The number of rotatable bonds is 2. The van der Waals surface area contributed by atoms with E-state index in [1.807, 2.05) is 31.2 Å². The first kappa shape index (κ1) is 13.0. The number of amides is 1. The van der Waals surface area contributed by atoms with Crippen LogP contribution in [0.5, 0.6) is 5.75 Å². The fraction of sp³-hybridized carbons (Fsp3) is 0.143. The van der Waals surface area contributed by atoms with Crippen LogP contribution in [0.3, 0.4) is 0 Å². The molecule has 1 amide bonds. The average Bonchev–Trinajstić information content (AvgIpc) is 3.13. The number of carbonyl (C=O) groups excluding carboxylic acids is 1. The summed E-state index contributed by atoms with van der Waals surface area (Å²) < 4.78 is 5.69. The van der Waals surface area contributed by atoms with E-state index in [0.717, 1.165) is 27.6 Å². The smallest absolute Gasteiger partial charge is 0.275 e. The Balaban J connectivity index is 1.68. The SMILES string of the molecule is Cc1nnc(NC(=O)c2[nH]nc3c2COc2ccccc2-3)s1. The molecule has 0 unspecified atom stereocenters. The molecule has 0 bridgehead atoms. The topological polar surface area (TPSA) is 92.8 Å². The third kappa shape index (κ3) is 2.04. The highest BCUT2D eigenvalue weighted by Crippen LogP contribution is 2.37. The molecule has 3 heterocycles. The highest BCUT2D eigenvalue weighted by Gasteiger charge is 2.26. The van der Waals surface area contributed by atoms with Crippen molar-refractivity contribution in [3.8, 4) is 17.0 Å². The van der Waals surface area contributed by atoms with E-state index in [-0.39, 0.29) is 5.91 Å². The monoisotopic (exact) mass is 313 g/mol. The van der Waals surface area contributed by atoms with Crippen molar-refractivity contribution < 1.29 is 9.53 Å². The second-order valence-corrected chi connectivity index (χ2v) is 5.97. The highest BCUT2D eigenvalue weighted by atomic mass is 32.1. The summed E-state index contributed by atoms with van der Waals surface area (Å²) in [7, 11) is 0. The first-order valence-corrected chi connectivity index (χ1v) is 7.45. The summed E-state index contributed by atoms with van der Waals surface area (Å²) >= 11 is 1.32. The number of carbonyl (C=O) groups is 1. The summed E-state index contributed by atoms with van der Waals surface area (Å²) in [6, 6.07) is 7.62. The molecule has 3 aromatic rings. The minimum atomic E-state index is -0.298. The first-order chi connectivity index (χ1) is 10.7. The van der Waals surface area contributed by atoms with Gasteiger partial charge >= 0.3 is 0 Å². The zero-order valence-corrected chi connectivity index (χ0v) is 12.4. The van der Waals surface area contributed by atoms with Crippen LogP contribution in [0.15, 0.2) is 24.3 Å². The molecule has 2 aromatic heterocycles. The van der Waals surface area contributed by atoms with Crippen molar-refractivity contribution in [3.05, 3.63) is 40.5 Å². The van der Waals surface area contributed by atoms with Gasteiger partial charge in [-0.05, 0) is 19.1 Å². The lowest BCUT2D eigenvalue weighted by Gasteiger charge is -2.16. The number of aromatic amines is 1. The Morgan fingerprint density at radius 3 is 3.05 bits per heavy atom. The fourth-order valence-electron chi connectivity index (χ4n) is 2.36. The molecule has 7 nitrogen and oxygen atoms in total. The van der Waals surface area contributed by atoms with Crippen LogP contribution in [0.1, 0.15) is 21.1 Å². The van der Waals surface area contributed by atoms with E-state index in [0.29, 0.717) is 17.4 Å². The molecule has 1 aliphatic rings. The number of anilines is 1. The van der Waals surface area contributed by atoms with Gasteiger partial charge in [-0.15, -0.1) is 10.2 Å². The molecular formula is C14H11N5O2S. The normalized spacial score (nSPS) is 12.2. The molecule has 0 saturated carbocycles. The summed E-state index contributed by atoms with van der Waals surface area (Å²) in [6.07, 6.45) is 0. The van der Waals surface area contributed by atoms with Gasteiger partial charge in [0, 0.05) is 11.1 Å². The largest absolute Gasteiger partial charge is 0.488 e. The minimum Gasteiger partial charge on any atom is -0.488 e. The molecule has 0 radical (unpaired) electrons. The maximum absolute atomic E-state index is 12.4. The van der Waals surface area contributed by atoms with Crippen LogP contribution in [0, 0.1) is 6.92 Å². The minimum absolute atomic E-state index is 0.298. The van der Waals surface area contributed by atoms with Gasteiger partial charge in [0.05, 0.1) is 0 Å². The number of fused-ring (bicyclic) bond motifs is 3. The van der Waals surface area contributed by atoms with Crippen LogP contribution in [0.25, 0.3) is 11.3 Å². The number of hydrogen-bond acceptors (Lipinski definition) is 6.